The molecule has 0 aliphatic carbocycles. The van der Waals surface area contributed by atoms with Crippen molar-refractivity contribution in [1.29, 1.82) is 0 Å². The first-order valence-electron chi connectivity index (χ1n) is 10.2. The Bertz CT molecular complexity index is 975. The summed E-state index contributed by atoms with van der Waals surface area (Å²) in [6, 6.07) is 24.2. The zero-order chi connectivity index (χ0) is 22.3. The van der Waals surface area contributed by atoms with Gasteiger partial charge in [-0.25, -0.2) is 10.2 Å². The minimum atomic E-state index is -0.697. The molecule has 6 heteroatoms. The summed E-state index contributed by atoms with van der Waals surface area (Å²) in [4.78, 5) is 24.0. The Kier molecular flexibility index (Phi) is 7.03. The van der Waals surface area contributed by atoms with E-state index in [0.717, 1.165) is 16.7 Å². The molecule has 0 radical (unpaired) electrons. The fraction of sp³-hybridized carbons (Fsp3) is 0.240. The predicted octanol–water partition coefficient (Wildman–Crippen LogP) is 3.71. The molecule has 0 unspecified atom stereocenters. The SMILES string of the molecule is CC(C)(C)OC(=O)NNC(=O)Cc1ccc[n+](C(c2ccccc2)c2ccccc2)c1. The average Bonchev–Trinajstić information content (AvgIpc) is 2.73. The van der Waals surface area contributed by atoms with Crippen molar-refractivity contribution in [2.45, 2.75) is 38.8 Å². The third-order valence-corrected chi connectivity index (χ3v) is 4.48. The van der Waals surface area contributed by atoms with E-state index < -0.39 is 11.7 Å². The van der Waals surface area contributed by atoms with Crippen LogP contribution in [0, 0.1) is 0 Å². The highest BCUT2D eigenvalue weighted by Crippen LogP contribution is 2.21. The zero-order valence-corrected chi connectivity index (χ0v) is 18.0. The Morgan fingerprint density at radius 1 is 0.871 bits per heavy atom. The molecule has 31 heavy (non-hydrogen) atoms. The summed E-state index contributed by atoms with van der Waals surface area (Å²) >= 11 is 0. The molecule has 0 fully saturated rings. The second-order valence-corrected chi connectivity index (χ2v) is 8.24. The molecule has 0 aliphatic rings. The van der Waals surface area contributed by atoms with Gasteiger partial charge in [0.2, 0.25) is 11.9 Å². The van der Waals surface area contributed by atoms with E-state index in [9.17, 15) is 9.59 Å². The summed E-state index contributed by atoms with van der Waals surface area (Å²) in [5, 5.41) is 0. The molecule has 0 saturated carbocycles. The fourth-order valence-electron chi connectivity index (χ4n) is 3.27. The number of benzene rings is 2. The molecule has 3 rings (SSSR count). The van der Waals surface area contributed by atoms with Crippen LogP contribution >= 0.6 is 0 Å². The lowest BCUT2D eigenvalue weighted by Gasteiger charge is -2.19. The van der Waals surface area contributed by atoms with Gasteiger partial charge in [-0.1, -0.05) is 60.7 Å². The molecule has 3 aromatic rings. The van der Waals surface area contributed by atoms with Crippen molar-refractivity contribution in [3.05, 3.63) is 102 Å². The first-order valence-corrected chi connectivity index (χ1v) is 10.2. The number of rotatable bonds is 5. The van der Waals surface area contributed by atoms with Crippen LogP contribution in [0.2, 0.25) is 0 Å². The van der Waals surface area contributed by atoms with Crippen LogP contribution in [0.25, 0.3) is 0 Å². The highest BCUT2D eigenvalue weighted by Gasteiger charge is 2.24. The molecule has 1 aromatic heterocycles. The topological polar surface area (TPSA) is 71.3 Å². The number of aromatic nitrogens is 1. The quantitative estimate of drug-likeness (QED) is 0.490. The number of hydrazine groups is 1. The molecule has 1 heterocycles. The molecule has 0 bridgehead atoms. The van der Waals surface area contributed by atoms with Crippen molar-refractivity contribution in [3.63, 3.8) is 0 Å². The Hall–Kier alpha value is -3.67. The number of hydrogen-bond acceptors (Lipinski definition) is 3. The van der Waals surface area contributed by atoms with E-state index in [1.165, 1.54) is 0 Å². The van der Waals surface area contributed by atoms with E-state index in [-0.39, 0.29) is 18.4 Å². The van der Waals surface area contributed by atoms with Gasteiger partial charge in [0.05, 0.1) is 6.42 Å². The highest BCUT2D eigenvalue weighted by molar-refractivity contribution is 5.80. The van der Waals surface area contributed by atoms with Gasteiger partial charge in [-0.3, -0.25) is 10.2 Å². The average molecular weight is 419 g/mol. The second-order valence-electron chi connectivity index (χ2n) is 8.24. The third kappa shape index (κ3) is 6.67. The largest absolute Gasteiger partial charge is 0.443 e. The van der Waals surface area contributed by atoms with Gasteiger partial charge in [0, 0.05) is 22.8 Å². The van der Waals surface area contributed by atoms with Crippen LogP contribution in [-0.2, 0) is 16.0 Å². The van der Waals surface area contributed by atoms with Gasteiger partial charge in [0.15, 0.2) is 12.4 Å². The van der Waals surface area contributed by atoms with Gasteiger partial charge in [-0.2, -0.15) is 4.57 Å². The number of nitrogens with zero attached hydrogens (tertiary/aromatic N) is 1. The number of carbonyl (C=O) groups excluding carboxylic acids is 2. The van der Waals surface area contributed by atoms with E-state index in [1.807, 2.05) is 60.9 Å². The molecular weight excluding hydrogens is 390 g/mol. The summed E-state index contributed by atoms with van der Waals surface area (Å²) in [6.45, 7) is 5.27. The Balaban J connectivity index is 1.75. The number of carbonyl (C=O) groups is 2. The maximum Gasteiger partial charge on any atom is 0.426 e. The number of pyridine rings is 1. The first kappa shape index (κ1) is 22.0. The molecule has 6 nitrogen and oxygen atoms in total. The summed E-state index contributed by atoms with van der Waals surface area (Å²) in [5.74, 6) is -0.334. The van der Waals surface area contributed by atoms with E-state index in [2.05, 4.69) is 39.7 Å². The summed E-state index contributed by atoms with van der Waals surface area (Å²) in [7, 11) is 0. The van der Waals surface area contributed by atoms with E-state index >= 15 is 0 Å². The van der Waals surface area contributed by atoms with Crippen LogP contribution in [0.5, 0.6) is 0 Å². The predicted molar refractivity (Wildman–Crippen MR) is 118 cm³/mol. The minimum absolute atomic E-state index is 0.0229. The van der Waals surface area contributed by atoms with E-state index in [1.54, 1.807) is 20.8 Å². The van der Waals surface area contributed by atoms with Gasteiger partial charge in [-0.15, -0.1) is 0 Å². The highest BCUT2D eigenvalue weighted by atomic mass is 16.6. The van der Waals surface area contributed by atoms with Crippen LogP contribution in [0.3, 0.4) is 0 Å². The van der Waals surface area contributed by atoms with Crippen molar-refractivity contribution in [2.24, 2.45) is 0 Å². The molecule has 0 saturated heterocycles. The lowest BCUT2D eigenvalue weighted by Crippen LogP contribution is -2.45. The van der Waals surface area contributed by atoms with Crippen LogP contribution < -0.4 is 15.4 Å². The molecule has 2 amide bonds. The summed E-state index contributed by atoms with van der Waals surface area (Å²) < 4.78 is 7.21. The Morgan fingerprint density at radius 3 is 2.00 bits per heavy atom. The van der Waals surface area contributed by atoms with Gasteiger partial charge in [0.1, 0.15) is 5.60 Å². The molecule has 0 aliphatic heterocycles. The van der Waals surface area contributed by atoms with Gasteiger partial charge < -0.3 is 4.74 Å². The van der Waals surface area contributed by atoms with Crippen molar-refractivity contribution < 1.29 is 18.9 Å². The normalized spacial score (nSPS) is 11.1. The molecule has 0 atom stereocenters. The second kappa shape index (κ2) is 9.89. The molecule has 2 N–H and O–H groups in total. The lowest BCUT2D eigenvalue weighted by atomic mass is 9.98. The van der Waals surface area contributed by atoms with E-state index in [0.29, 0.717) is 0 Å². The molecule has 160 valence electrons. The molecular formula is C25H28N3O3+. The molecule has 2 aromatic carbocycles. The van der Waals surface area contributed by atoms with Crippen LogP contribution in [0.1, 0.15) is 43.5 Å². The number of ether oxygens (including phenoxy) is 1. The lowest BCUT2D eigenvalue weighted by molar-refractivity contribution is -0.705. The summed E-state index contributed by atoms with van der Waals surface area (Å²) in [5.41, 5.74) is 7.15. The first-order chi connectivity index (χ1) is 14.8. The smallest absolute Gasteiger partial charge is 0.426 e. The zero-order valence-electron chi connectivity index (χ0n) is 18.0. The van der Waals surface area contributed by atoms with Crippen LogP contribution in [0.4, 0.5) is 4.79 Å². The number of amides is 2. The monoisotopic (exact) mass is 418 g/mol. The van der Waals surface area contributed by atoms with Crippen molar-refractivity contribution in [2.75, 3.05) is 0 Å². The van der Waals surface area contributed by atoms with Gasteiger partial charge in [-0.05, 0) is 26.8 Å². The van der Waals surface area contributed by atoms with Crippen LogP contribution in [-0.4, -0.2) is 17.6 Å². The fourth-order valence-corrected chi connectivity index (χ4v) is 3.27. The summed E-state index contributed by atoms with van der Waals surface area (Å²) in [6.07, 6.45) is 3.37. The molecule has 0 spiro atoms. The Labute approximate surface area is 182 Å². The maximum atomic E-state index is 12.3. The number of hydrogen-bond donors (Lipinski definition) is 2. The van der Waals surface area contributed by atoms with Crippen molar-refractivity contribution >= 4 is 12.0 Å². The minimum Gasteiger partial charge on any atom is -0.443 e. The maximum absolute atomic E-state index is 12.3. The van der Waals surface area contributed by atoms with Crippen molar-refractivity contribution in [1.82, 2.24) is 10.9 Å². The van der Waals surface area contributed by atoms with Crippen LogP contribution in [0.15, 0.2) is 85.2 Å². The van der Waals surface area contributed by atoms with Crippen molar-refractivity contribution in [3.8, 4) is 0 Å². The third-order valence-electron chi connectivity index (χ3n) is 4.48. The van der Waals surface area contributed by atoms with Gasteiger partial charge in [0.25, 0.3) is 0 Å². The van der Waals surface area contributed by atoms with E-state index in [4.69, 9.17) is 4.74 Å². The Morgan fingerprint density at radius 2 is 1.45 bits per heavy atom. The standard InChI is InChI=1S/C25H27N3O3/c1-25(2,3)31-24(30)27-26-22(29)17-19-11-10-16-28(18-19)23(20-12-6-4-7-13-20)21-14-8-5-9-15-21/h4-16,18,23H,17H2,1-3H3,(H-,26,27,29,30)/p+1. The number of nitrogens with one attached hydrogen (secondary N) is 2. The van der Waals surface area contributed by atoms with Gasteiger partial charge >= 0.3 is 6.09 Å².